The van der Waals surface area contributed by atoms with Crippen LogP contribution in [0.15, 0.2) is 12.2 Å². The number of rotatable bonds is 4. The van der Waals surface area contributed by atoms with Crippen molar-refractivity contribution in [2.75, 3.05) is 46.4 Å². The van der Waals surface area contributed by atoms with Crippen molar-refractivity contribution in [1.82, 2.24) is 9.80 Å². The SMILES string of the molecule is CCN(C)C(=O)/C=C/CN1CCOCC1. The van der Waals surface area contributed by atoms with Gasteiger partial charge in [-0.3, -0.25) is 9.69 Å². The first-order valence-corrected chi connectivity index (χ1v) is 5.45. The Morgan fingerprint density at radius 2 is 2.13 bits per heavy atom. The number of hydrogen-bond acceptors (Lipinski definition) is 3. The first-order valence-electron chi connectivity index (χ1n) is 5.45. The van der Waals surface area contributed by atoms with Gasteiger partial charge in [0.2, 0.25) is 5.91 Å². The summed E-state index contributed by atoms with van der Waals surface area (Å²) in [6.07, 6.45) is 3.58. The van der Waals surface area contributed by atoms with Crippen LogP contribution in [-0.2, 0) is 9.53 Å². The average Bonchev–Trinajstić information content (AvgIpc) is 2.29. The smallest absolute Gasteiger partial charge is 0.246 e. The van der Waals surface area contributed by atoms with Gasteiger partial charge >= 0.3 is 0 Å². The molecule has 0 aromatic carbocycles. The molecule has 0 unspecified atom stereocenters. The van der Waals surface area contributed by atoms with Crippen molar-refractivity contribution in [1.29, 1.82) is 0 Å². The average molecular weight is 212 g/mol. The van der Waals surface area contributed by atoms with E-state index in [9.17, 15) is 4.79 Å². The Morgan fingerprint density at radius 3 is 2.73 bits per heavy atom. The fourth-order valence-electron chi connectivity index (χ4n) is 1.37. The van der Waals surface area contributed by atoms with E-state index in [1.165, 1.54) is 0 Å². The van der Waals surface area contributed by atoms with Crippen LogP contribution < -0.4 is 0 Å². The Hall–Kier alpha value is -0.870. The number of ether oxygens (including phenoxy) is 1. The number of hydrogen-bond donors (Lipinski definition) is 0. The van der Waals surface area contributed by atoms with Crippen LogP contribution >= 0.6 is 0 Å². The summed E-state index contributed by atoms with van der Waals surface area (Å²) in [5.74, 6) is 0.0748. The summed E-state index contributed by atoms with van der Waals surface area (Å²) >= 11 is 0. The molecule has 1 rings (SSSR count). The Morgan fingerprint density at radius 1 is 1.47 bits per heavy atom. The lowest BCUT2D eigenvalue weighted by molar-refractivity contribution is -0.124. The van der Waals surface area contributed by atoms with Crippen LogP contribution in [0.5, 0.6) is 0 Å². The second kappa shape index (κ2) is 6.58. The first kappa shape index (κ1) is 12.2. The minimum Gasteiger partial charge on any atom is -0.379 e. The number of nitrogens with zero attached hydrogens (tertiary/aromatic N) is 2. The van der Waals surface area contributed by atoms with Crippen LogP contribution in [0, 0.1) is 0 Å². The van der Waals surface area contributed by atoms with Gasteiger partial charge in [-0.25, -0.2) is 0 Å². The molecule has 0 aromatic heterocycles. The lowest BCUT2D eigenvalue weighted by atomic mass is 10.3. The fourth-order valence-corrected chi connectivity index (χ4v) is 1.37. The maximum absolute atomic E-state index is 11.4. The molecule has 15 heavy (non-hydrogen) atoms. The van der Waals surface area contributed by atoms with E-state index in [0.717, 1.165) is 39.4 Å². The molecule has 1 aliphatic rings. The molecule has 0 N–H and O–H groups in total. The van der Waals surface area contributed by atoms with Crippen molar-refractivity contribution < 1.29 is 9.53 Å². The van der Waals surface area contributed by atoms with Gasteiger partial charge in [0, 0.05) is 39.3 Å². The van der Waals surface area contributed by atoms with E-state index in [1.54, 1.807) is 18.0 Å². The first-order chi connectivity index (χ1) is 7.24. The fraction of sp³-hybridized carbons (Fsp3) is 0.727. The molecular formula is C11H20N2O2. The number of likely N-dealkylation sites (N-methyl/N-ethyl adjacent to an activating group) is 1. The highest BCUT2D eigenvalue weighted by Crippen LogP contribution is 1.96. The Kier molecular flexibility index (Phi) is 5.36. The Balaban J connectivity index is 2.22. The van der Waals surface area contributed by atoms with Crippen molar-refractivity contribution in [3.63, 3.8) is 0 Å². The molecule has 86 valence electrons. The highest BCUT2D eigenvalue weighted by atomic mass is 16.5. The zero-order valence-corrected chi connectivity index (χ0v) is 9.61. The molecule has 4 nitrogen and oxygen atoms in total. The van der Waals surface area contributed by atoms with Gasteiger partial charge in [0.25, 0.3) is 0 Å². The van der Waals surface area contributed by atoms with Gasteiger partial charge in [-0.05, 0) is 6.92 Å². The third-order valence-electron chi connectivity index (χ3n) is 2.58. The molecule has 1 amide bonds. The second-order valence-electron chi connectivity index (χ2n) is 3.67. The zero-order chi connectivity index (χ0) is 11.1. The summed E-state index contributed by atoms with van der Waals surface area (Å²) in [7, 11) is 1.81. The van der Waals surface area contributed by atoms with E-state index < -0.39 is 0 Å². The van der Waals surface area contributed by atoms with Gasteiger partial charge in [0.1, 0.15) is 0 Å². The van der Waals surface area contributed by atoms with Gasteiger partial charge in [-0.2, -0.15) is 0 Å². The minimum absolute atomic E-state index is 0.0748. The van der Waals surface area contributed by atoms with E-state index in [-0.39, 0.29) is 5.91 Å². The van der Waals surface area contributed by atoms with Crippen LogP contribution in [0.1, 0.15) is 6.92 Å². The van der Waals surface area contributed by atoms with E-state index >= 15 is 0 Å². The molecule has 1 fully saturated rings. The highest BCUT2D eigenvalue weighted by molar-refractivity contribution is 5.87. The van der Waals surface area contributed by atoms with Gasteiger partial charge in [0.15, 0.2) is 0 Å². The lowest BCUT2D eigenvalue weighted by Crippen LogP contribution is -2.36. The molecule has 0 aliphatic carbocycles. The summed E-state index contributed by atoms with van der Waals surface area (Å²) < 4.78 is 5.24. The van der Waals surface area contributed by atoms with E-state index in [2.05, 4.69) is 4.90 Å². The molecule has 0 aromatic rings. The number of carbonyl (C=O) groups excluding carboxylic acids is 1. The van der Waals surface area contributed by atoms with Crippen molar-refractivity contribution in [3.05, 3.63) is 12.2 Å². The standard InChI is InChI=1S/C11H20N2O2/c1-3-12(2)11(14)5-4-6-13-7-9-15-10-8-13/h4-5H,3,6-10H2,1-2H3/b5-4+. The Bertz CT molecular complexity index is 223. The van der Waals surface area contributed by atoms with Crippen molar-refractivity contribution in [3.8, 4) is 0 Å². The van der Waals surface area contributed by atoms with Crippen molar-refractivity contribution in [2.24, 2.45) is 0 Å². The second-order valence-corrected chi connectivity index (χ2v) is 3.67. The summed E-state index contributed by atoms with van der Waals surface area (Å²) in [6.45, 7) is 7.08. The largest absolute Gasteiger partial charge is 0.379 e. The van der Waals surface area contributed by atoms with Crippen molar-refractivity contribution in [2.45, 2.75) is 6.92 Å². The van der Waals surface area contributed by atoms with Crippen LogP contribution in [0.4, 0.5) is 0 Å². The molecule has 0 radical (unpaired) electrons. The third kappa shape index (κ3) is 4.44. The van der Waals surface area contributed by atoms with Crippen LogP contribution in [0.25, 0.3) is 0 Å². The summed E-state index contributed by atoms with van der Waals surface area (Å²) in [5.41, 5.74) is 0. The van der Waals surface area contributed by atoms with E-state index in [4.69, 9.17) is 4.74 Å². The molecule has 1 aliphatic heterocycles. The highest BCUT2D eigenvalue weighted by Gasteiger charge is 2.08. The summed E-state index contributed by atoms with van der Waals surface area (Å²) in [6, 6.07) is 0. The quantitative estimate of drug-likeness (QED) is 0.631. The Labute approximate surface area is 91.5 Å². The maximum atomic E-state index is 11.4. The molecule has 0 atom stereocenters. The predicted octanol–water partition coefficient (Wildman–Crippen LogP) is 0.353. The van der Waals surface area contributed by atoms with Crippen LogP contribution in [0.2, 0.25) is 0 Å². The number of amides is 1. The molecule has 4 heteroatoms. The van der Waals surface area contributed by atoms with Gasteiger partial charge < -0.3 is 9.64 Å². The molecule has 0 spiro atoms. The van der Waals surface area contributed by atoms with Gasteiger partial charge in [-0.1, -0.05) is 6.08 Å². The molecule has 0 bridgehead atoms. The van der Waals surface area contributed by atoms with Crippen molar-refractivity contribution >= 4 is 5.91 Å². The van der Waals surface area contributed by atoms with Gasteiger partial charge in [0.05, 0.1) is 13.2 Å². The number of morpholine rings is 1. The molecule has 0 saturated carbocycles. The summed E-state index contributed by atoms with van der Waals surface area (Å²) in [4.78, 5) is 15.4. The van der Waals surface area contributed by atoms with Crippen LogP contribution in [-0.4, -0.2) is 62.1 Å². The summed E-state index contributed by atoms with van der Waals surface area (Å²) in [5, 5.41) is 0. The monoisotopic (exact) mass is 212 g/mol. The van der Waals surface area contributed by atoms with E-state index in [0.29, 0.717) is 0 Å². The van der Waals surface area contributed by atoms with Crippen LogP contribution in [0.3, 0.4) is 0 Å². The predicted molar refractivity (Wildman–Crippen MR) is 59.7 cm³/mol. The molecule has 1 heterocycles. The topological polar surface area (TPSA) is 32.8 Å². The van der Waals surface area contributed by atoms with Gasteiger partial charge in [-0.15, -0.1) is 0 Å². The molecular weight excluding hydrogens is 192 g/mol. The molecule has 1 saturated heterocycles. The maximum Gasteiger partial charge on any atom is 0.246 e. The number of carbonyl (C=O) groups is 1. The normalized spacial score (nSPS) is 18.3. The minimum atomic E-state index is 0.0748. The third-order valence-corrected chi connectivity index (χ3v) is 2.58. The van der Waals surface area contributed by atoms with E-state index in [1.807, 2.05) is 13.0 Å². The zero-order valence-electron chi connectivity index (χ0n) is 9.61. The lowest BCUT2D eigenvalue weighted by Gasteiger charge is -2.25.